The van der Waals surface area contributed by atoms with Gasteiger partial charge in [0, 0.05) is 30.9 Å². The molecule has 5 nitrogen and oxygen atoms in total. The largest absolute Gasteiger partial charge is 0.379 e. The molecule has 1 aliphatic rings. The van der Waals surface area contributed by atoms with Gasteiger partial charge in [-0.25, -0.2) is 4.79 Å². The quantitative estimate of drug-likeness (QED) is 0.624. The van der Waals surface area contributed by atoms with Crippen LogP contribution in [0.25, 0.3) is 10.1 Å². The van der Waals surface area contributed by atoms with Crippen molar-refractivity contribution >= 4 is 27.5 Å². The molecular formula is C23H27N3O2S. The Morgan fingerprint density at radius 1 is 1.07 bits per heavy atom. The van der Waals surface area contributed by atoms with Crippen molar-refractivity contribution in [2.24, 2.45) is 0 Å². The Bertz CT molecular complexity index is 922. The molecule has 1 aromatic heterocycles. The van der Waals surface area contributed by atoms with Crippen molar-refractivity contribution in [2.45, 2.75) is 12.5 Å². The van der Waals surface area contributed by atoms with Gasteiger partial charge in [-0.3, -0.25) is 4.90 Å². The summed E-state index contributed by atoms with van der Waals surface area (Å²) in [5, 5.41) is 9.68. The fourth-order valence-electron chi connectivity index (χ4n) is 3.71. The first-order valence-electron chi connectivity index (χ1n) is 10.1. The maximum Gasteiger partial charge on any atom is 0.315 e. The number of urea groups is 1. The Morgan fingerprint density at radius 3 is 2.66 bits per heavy atom. The van der Waals surface area contributed by atoms with Gasteiger partial charge in [-0.05, 0) is 34.4 Å². The zero-order chi connectivity index (χ0) is 19.9. The van der Waals surface area contributed by atoms with Crippen molar-refractivity contribution in [1.82, 2.24) is 15.5 Å². The summed E-state index contributed by atoms with van der Waals surface area (Å²) in [6.45, 7) is 4.71. The summed E-state index contributed by atoms with van der Waals surface area (Å²) in [6.07, 6.45) is 0.830. The molecule has 1 fully saturated rings. The minimum Gasteiger partial charge on any atom is -0.379 e. The summed E-state index contributed by atoms with van der Waals surface area (Å²) in [4.78, 5) is 14.9. The Morgan fingerprint density at radius 2 is 1.83 bits per heavy atom. The van der Waals surface area contributed by atoms with Crippen LogP contribution >= 0.6 is 11.3 Å². The first kappa shape index (κ1) is 19.9. The molecule has 29 heavy (non-hydrogen) atoms. The summed E-state index contributed by atoms with van der Waals surface area (Å²) >= 11 is 1.76. The topological polar surface area (TPSA) is 53.6 Å². The predicted molar refractivity (Wildman–Crippen MR) is 119 cm³/mol. The van der Waals surface area contributed by atoms with Crippen molar-refractivity contribution in [1.29, 1.82) is 0 Å². The van der Waals surface area contributed by atoms with Crippen molar-refractivity contribution in [3.8, 4) is 0 Å². The minimum absolute atomic E-state index is 0.0451. The van der Waals surface area contributed by atoms with E-state index >= 15 is 0 Å². The molecule has 1 atom stereocenters. The lowest BCUT2D eigenvalue weighted by atomic mass is 10.1. The SMILES string of the molecule is O=C(NCCc1csc2ccccc12)NC(CN1CCOCC1)c1ccccc1. The fourth-order valence-corrected chi connectivity index (χ4v) is 4.71. The molecule has 1 unspecified atom stereocenters. The average Bonchev–Trinajstić information content (AvgIpc) is 3.18. The molecule has 2 aromatic carbocycles. The summed E-state index contributed by atoms with van der Waals surface area (Å²) < 4.78 is 6.74. The Balaban J connectivity index is 1.33. The van der Waals surface area contributed by atoms with E-state index in [1.165, 1.54) is 15.6 Å². The maximum atomic E-state index is 12.6. The highest BCUT2D eigenvalue weighted by molar-refractivity contribution is 7.17. The predicted octanol–water partition coefficient (Wildman–Crippen LogP) is 3.82. The van der Waals surface area contributed by atoms with E-state index in [4.69, 9.17) is 4.74 Å². The third-order valence-corrected chi connectivity index (χ3v) is 6.31. The summed E-state index contributed by atoms with van der Waals surface area (Å²) in [6, 6.07) is 18.4. The molecule has 2 N–H and O–H groups in total. The molecule has 2 heterocycles. The molecule has 1 aliphatic heterocycles. The fraction of sp³-hybridized carbons (Fsp3) is 0.348. The third kappa shape index (κ3) is 5.35. The molecule has 0 saturated carbocycles. The van der Waals surface area contributed by atoms with Gasteiger partial charge in [-0.15, -0.1) is 11.3 Å². The zero-order valence-electron chi connectivity index (χ0n) is 16.5. The van der Waals surface area contributed by atoms with Gasteiger partial charge in [0.2, 0.25) is 0 Å². The second-order valence-electron chi connectivity index (χ2n) is 7.28. The smallest absolute Gasteiger partial charge is 0.315 e. The van der Waals surface area contributed by atoms with Gasteiger partial charge < -0.3 is 15.4 Å². The molecule has 3 aromatic rings. The third-order valence-electron chi connectivity index (χ3n) is 5.29. The number of rotatable bonds is 7. The van der Waals surface area contributed by atoms with Crippen LogP contribution in [0.15, 0.2) is 60.0 Å². The lowest BCUT2D eigenvalue weighted by Crippen LogP contribution is -2.45. The first-order valence-corrected chi connectivity index (χ1v) is 11.0. The van der Waals surface area contributed by atoms with E-state index in [9.17, 15) is 4.79 Å². The summed E-state index contributed by atoms with van der Waals surface area (Å²) in [7, 11) is 0. The van der Waals surface area contributed by atoms with E-state index in [0.717, 1.165) is 44.8 Å². The number of nitrogens with zero attached hydrogens (tertiary/aromatic N) is 1. The van der Waals surface area contributed by atoms with E-state index in [0.29, 0.717) is 6.54 Å². The van der Waals surface area contributed by atoms with Gasteiger partial charge >= 0.3 is 6.03 Å². The van der Waals surface area contributed by atoms with Gasteiger partial charge in [0.1, 0.15) is 0 Å². The minimum atomic E-state index is -0.119. The number of benzene rings is 2. The van der Waals surface area contributed by atoms with Gasteiger partial charge in [0.05, 0.1) is 19.3 Å². The normalized spacial score (nSPS) is 15.9. The number of hydrogen-bond acceptors (Lipinski definition) is 4. The van der Waals surface area contributed by atoms with Gasteiger partial charge in [0.25, 0.3) is 0 Å². The van der Waals surface area contributed by atoms with E-state index in [1.807, 2.05) is 18.2 Å². The Hall–Kier alpha value is -2.41. The summed E-state index contributed by atoms with van der Waals surface area (Å²) in [5.74, 6) is 0. The summed E-state index contributed by atoms with van der Waals surface area (Å²) in [5.41, 5.74) is 2.41. The lowest BCUT2D eigenvalue weighted by Gasteiger charge is -2.31. The van der Waals surface area contributed by atoms with Crippen molar-refractivity contribution in [2.75, 3.05) is 39.4 Å². The van der Waals surface area contributed by atoms with Gasteiger partial charge in [-0.2, -0.15) is 0 Å². The Kier molecular flexibility index (Phi) is 6.77. The van der Waals surface area contributed by atoms with Crippen molar-refractivity contribution in [3.05, 3.63) is 71.1 Å². The number of ether oxygens (including phenoxy) is 1. The van der Waals surface area contributed by atoms with Crippen LogP contribution in [0.2, 0.25) is 0 Å². The number of thiophene rings is 1. The van der Waals surface area contributed by atoms with Crippen LogP contribution in [0.5, 0.6) is 0 Å². The number of morpholine rings is 1. The number of fused-ring (bicyclic) bond motifs is 1. The number of nitrogens with one attached hydrogen (secondary N) is 2. The second-order valence-corrected chi connectivity index (χ2v) is 8.19. The van der Waals surface area contributed by atoms with E-state index in [2.05, 4.69) is 57.3 Å². The van der Waals surface area contributed by atoms with E-state index in [-0.39, 0.29) is 12.1 Å². The zero-order valence-corrected chi connectivity index (χ0v) is 17.3. The van der Waals surface area contributed by atoms with Crippen LogP contribution in [0.1, 0.15) is 17.2 Å². The van der Waals surface area contributed by atoms with Crippen LogP contribution in [-0.2, 0) is 11.2 Å². The number of amides is 2. The van der Waals surface area contributed by atoms with Crippen LogP contribution in [-0.4, -0.2) is 50.3 Å². The number of carbonyl (C=O) groups is 1. The van der Waals surface area contributed by atoms with Crippen LogP contribution in [0.4, 0.5) is 4.79 Å². The van der Waals surface area contributed by atoms with Crippen LogP contribution < -0.4 is 10.6 Å². The number of carbonyl (C=O) groups excluding carboxylic acids is 1. The second kappa shape index (κ2) is 9.87. The molecule has 152 valence electrons. The molecular weight excluding hydrogens is 382 g/mol. The van der Waals surface area contributed by atoms with Crippen LogP contribution in [0, 0.1) is 0 Å². The molecule has 6 heteroatoms. The van der Waals surface area contributed by atoms with Crippen LogP contribution in [0.3, 0.4) is 0 Å². The molecule has 2 amide bonds. The Labute approximate surface area is 175 Å². The monoisotopic (exact) mass is 409 g/mol. The van der Waals surface area contributed by atoms with E-state index in [1.54, 1.807) is 11.3 Å². The highest BCUT2D eigenvalue weighted by Gasteiger charge is 2.20. The highest BCUT2D eigenvalue weighted by Crippen LogP contribution is 2.25. The number of hydrogen-bond donors (Lipinski definition) is 2. The van der Waals surface area contributed by atoms with E-state index < -0.39 is 0 Å². The molecule has 0 radical (unpaired) electrons. The molecule has 0 bridgehead atoms. The van der Waals surface area contributed by atoms with Crippen molar-refractivity contribution in [3.63, 3.8) is 0 Å². The molecule has 1 saturated heterocycles. The highest BCUT2D eigenvalue weighted by atomic mass is 32.1. The standard InChI is InChI=1S/C23H27N3O2S/c27-23(24-11-10-19-17-29-22-9-5-4-8-20(19)22)25-21(18-6-2-1-3-7-18)16-26-12-14-28-15-13-26/h1-9,17,21H,10-16H2,(H2,24,25,27). The van der Waals surface area contributed by atoms with Crippen molar-refractivity contribution < 1.29 is 9.53 Å². The molecule has 4 rings (SSSR count). The molecule has 0 aliphatic carbocycles. The first-order chi connectivity index (χ1) is 14.3. The maximum absolute atomic E-state index is 12.6. The van der Waals surface area contributed by atoms with Gasteiger partial charge in [0.15, 0.2) is 0 Å². The van der Waals surface area contributed by atoms with Gasteiger partial charge in [-0.1, -0.05) is 48.5 Å². The average molecular weight is 410 g/mol. The lowest BCUT2D eigenvalue weighted by molar-refractivity contribution is 0.0340. The molecule has 0 spiro atoms.